The van der Waals surface area contributed by atoms with Gasteiger partial charge in [-0.25, -0.2) is 4.99 Å². The van der Waals surface area contributed by atoms with Crippen LogP contribution in [0.15, 0.2) is 4.99 Å². The van der Waals surface area contributed by atoms with Gasteiger partial charge in [-0.3, -0.25) is 5.41 Å². The third-order valence-corrected chi connectivity index (χ3v) is 1.71. The maximum absolute atomic E-state index is 6.92. The molecular weight excluding hydrogens is 126 g/mol. The van der Waals surface area contributed by atoms with E-state index in [-0.39, 0.29) is 5.96 Å². The standard InChI is InChI=1S/C7H13N3/c8-7(9)10-6-4-2-1-3-5-6/h1-5H2,(H3,8,9). The van der Waals surface area contributed by atoms with Gasteiger partial charge in [0.05, 0.1) is 0 Å². The van der Waals surface area contributed by atoms with Crippen LogP contribution in [0.4, 0.5) is 0 Å². The third-order valence-electron chi connectivity index (χ3n) is 1.71. The van der Waals surface area contributed by atoms with Crippen molar-refractivity contribution in [2.75, 3.05) is 0 Å². The molecule has 0 bridgehead atoms. The van der Waals surface area contributed by atoms with E-state index in [1.54, 1.807) is 0 Å². The van der Waals surface area contributed by atoms with Gasteiger partial charge in [-0.15, -0.1) is 0 Å². The number of guanidine groups is 1. The maximum atomic E-state index is 6.92. The molecule has 0 unspecified atom stereocenters. The summed E-state index contributed by atoms with van der Waals surface area (Å²) in [5, 5.41) is 6.92. The van der Waals surface area contributed by atoms with Gasteiger partial charge in [0.1, 0.15) is 0 Å². The lowest BCUT2D eigenvalue weighted by Crippen LogP contribution is -2.12. The van der Waals surface area contributed by atoms with E-state index in [1.807, 2.05) is 0 Å². The topological polar surface area (TPSA) is 62.2 Å². The Labute approximate surface area is 60.8 Å². The Kier molecular flexibility index (Phi) is 2.42. The van der Waals surface area contributed by atoms with E-state index in [4.69, 9.17) is 11.1 Å². The number of nitrogens with two attached hydrogens (primary N) is 1. The fourth-order valence-corrected chi connectivity index (χ4v) is 1.24. The normalized spacial score (nSPS) is 18.6. The van der Waals surface area contributed by atoms with E-state index >= 15 is 0 Å². The van der Waals surface area contributed by atoms with Gasteiger partial charge in [0, 0.05) is 5.71 Å². The summed E-state index contributed by atoms with van der Waals surface area (Å²) in [5.74, 6) is -0.0445. The largest absolute Gasteiger partial charge is 0.368 e. The Balaban J connectivity index is 2.45. The van der Waals surface area contributed by atoms with Gasteiger partial charge in [0.15, 0.2) is 0 Å². The van der Waals surface area contributed by atoms with Crippen LogP contribution in [0.2, 0.25) is 0 Å². The van der Waals surface area contributed by atoms with E-state index < -0.39 is 0 Å². The predicted molar refractivity (Wildman–Crippen MR) is 42.4 cm³/mol. The zero-order valence-electron chi connectivity index (χ0n) is 6.06. The third kappa shape index (κ3) is 2.17. The van der Waals surface area contributed by atoms with Gasteiger partial charge in [0.2, 0.25) is 5.96 Å². The molecule has 0 atom stereocenters. The molecule has 1 aliphatic carbocycles. The summed E-state index contributed by atoms with van der Waals surface area (Å²) < 4.78 is 0. The van der Waals surface area contributed by atoms with E-state index in [0.717, 1.165) is 18.6 Å². The van der Waals surface area contributed by atoms with Crippen molar-refractivity contribution in [2.24, 2.45) is 10.7 Å². The van der Waals surface area contributed by atoms with Crippen molar-refractivity contribution in [1.82, 2.24) is 0 Å². The zero-order chi connectivity index (χ0) is 7.40. The number of hydrogen-bond acceptors (Lipinski definition) is 1. The maximum Gasteiger partial charge on any atom is 0.212 e. The minimum atomic E-state index is -0.0445. The van der Waals surface area contributed by atoms with E-state index in [2.05, 4.69) is 4.99 Å². The van der Waals surface area contributed by atoms with Crippen LogP contribution >= 0.6 is 0 Å². The highest BCUT2D eigenvalue weighted by Gasteiger charge is 2.05. The molecule has 0 aliphatic heterocycles. The van der Waals surface area contributed by atoms with Gasteiger partial charge in [0.25, 0.3) is 0 Å². The van der Waals surface area contributed by atoms with E-state index in [0.29, 0.717) is 0 Å². The fraction of sp³-hybridized carbons (Fsp3) is 0.714. The van der Waals surface area contributed by atoms with Gasteiger partial charge in [-0.1, -0.05) is 6.42 Å². The summed E-state index contributed by atoms with van der Waals surface area (Å²) in [5.41, 5.74) is 6.23. The second-order valence-corrected chi connectivity index (χ2v) is 2.62. The molecule has 0 spiro atoms. The zero-order valence-corrected chi connectivity index (χ0v) is 6.06. The molecule has 3 heteroatoms. The highest BCUT2D eigenvalue weighted by atomic mass is 15.0. The summed E-state index contributed by atoms with van der Waals surface area (Å²) >= 11 is 0. The second kappa shape index (κ2) is 3.34. The van der Waals surface area contributed by atoms with Crippen molar-refractivity contribution in [1.29, 1.82) is 5.41 Å². The van der Waals surface area contributed by atoms with Crippen LogP contribution < -0.4 is 5.73 Å². The van der Waals surface area contributed by atoms with Crippen LogP contribution in [-0.2, 0) is 0 Å². The number of rotatable bonds is 0. The summed E-state index contributed by atoms with van der Waals surface area (Å²) in [6, 6.07) is 0. The van der Waals surface area contributed by atoms with Gasteiger partial charge >= 0.3 is 0 Å². The van der Waals surface area contributed by atoms with Gasteiger partial charge < -0.3 is 5.73 Å². The predicted octanol–water partition coefficient (Wildman–Crippen LogP) is 1.28. The van der Waals surface area contributed by atoms with Crippen LogP contribution in [0, 0.1) is 5.41 Å². The SMILES string of the molecule is N=C(N)N=C1CCCCC1. The average molecular weight is 139 g/mol. The van der Waals surface area contributed by atoms with Crippen molar-refractivity contribution in [2.45, 2.75) is 32.1 Å². The van der Waals surface area contributed by atoms with Crippen molar-refractivity contribution >= 4 is 11.7 Å². The molecule has 3 nitrogen and oxygen atoms in total. The first-order chi connectivity index (χ1) is 4.79. The Morgan fingerprint density at radius 2 is 1.90 bits per heavy atom. The number of hydrogen-bond donors (Lipinski definition) is 2. The molecule has 0 radical (unpaired) electrons. The van der Waals surface area contributed by atoms with Crippen LogP contribution in [0.5, 0.6) is 0 Å². The average Bonchev–Trinajstić information content (AvgIpc) is 1.88. The molecule has 0 aromatic carbocycles. The first kappa shape index (κ1) is 7.25. The van der Waals surface area contributed by atoms with E-state index in [1.165, 1.54) is 19.3 Å². The molecule has 0 heterocycles. The Morgan fingerprint density at radius 3 is 2.40 bits per heavy atom. The lowest BCUT2D eigenvalue weighted by molar-refractivity contribution is 0.667. The first-order valence-electron chi connectivity index (χ1n) is 3.69. The molecule has 1 aliphatic rings. The smallest absolute Gasteiger partial charge is 0.212 e. The molecule has 3 N–H and O–H groups in total. The lowest BCUT2D eigenvalue weighted by Gasteiger charge is -2.10. The number of nitrogens with one attached hydrogen (secondary N) is 1. The highest BCUT2D eigenvalue weighted by molar-refractivity contribution is 5.95. The summed E-state index contributed by atoms with van der Waals surface area (Å²) in [6.07, 6.45) is 5.81. The molecule has 10 heavy (non-hydrogen) atoms. The molecule has 0 aromatic heterocycles. The van der Waals surface area contributed by atoms with Crippen molar-refractivity contribution < 1.29 is 0 Å². The summed E-state index contributed by atoms with van der Waals surface area (Å²) in [6.45, 7) is 0. The minimum absolute atomic E-state index is 0.0445. The number of nitrogens with zero attached hydrogens (tertiary/aromatic N) is 1. The Morgan fingerprint density at radius 1 is 1.30 bits per heavy atom. The molecule has 1 fully saturated rings. The number of aliphatic imine (C=N–C) groups is 1. The molecule has 56 valence electrons. The van der Waals surface area contributed by atoms with Crippen LogP contribution in [-0.4, -0.2) is 11.7 Å². The molecule has 1 rings (SSSR count). The van der Waals surface area contributed by atoms with Gasteiger partial charge in [-0.2, -0.15) is 0 Å². The first-order valence-corrected chi connectivity index (χ1v) is 3.69. The molecule has 0 amide bonds. The van der Waals surface area contributed by atoms with Crippen molar-refractivity contribution in [3.63, 3.8) is 0 Å². The lowest BCUT2D eigenvalue weighted by atomic mass is 9.99. The molecule has 0 saturated heterocycles. The van der Waals surface area contributed by atoms with E-state index in [9.17, 15) is 0 Å². The second-order valence-electron chi connectivity index (χ2n) is 2.62. The summed E-state index contributed by atoms with van der Waals surface area (Å²) in [7, 11) is 0. The molecular formula is C7H13N3. The molecule has 1 saturated carbocycles. The Hall–Kier alpha value is -0.860. The van der Waals surface area contributed by atoms with Gasteiger partial charge in [-0.05, 0) is 25.7 Å². The Bertz CT molecular complexity index is 152. The van der Waals surface area contributed by atoms with Crippen molar-refractivity contribution in [3.05, 3.63) is 0 Å². The fourth-order valence-electron chi connectivity index (χ4n) is 1.24. The van der Waals surface area contributed by atoms with Crippen LogP contribution in [0.3, 0.4) is 0 Å². The van der Waals surface area contributed by atoms with Crippen LogP contribution in [0.1, 0.15) is 32.1 Å². The monoisotopic (exact) mass is 139 g/mol. The summed E-state index contributed by atoms with van der Waals surface area (Å²) in [4.78, 5) is 3.91. The minimum Gasteiger partial charge on any atom is -0.368 e. The quantitative estimate of drug-likeness (QED) is 0.385. The van der Waals surface area contributed by atoms with Crippen LogP contribution in [0.25, 0.3) is 0 Å². The highest BCUT2D eigenvalue weighted by Crippen LogP contribution is 2.14. The van der Waals surface area contributed by atoms with Crippen molar-refractivity contribution in [3.8, 4) is 0 Å². The molecule has 0 aromatic rings.